The molecule has 1 saturated heterocycles. The summed E-state index contributed by atoms with van der Waals surface area (Å²) in [4.78, 5) is 13.3. The van der Waals surface area contributed by atoms with E-state index in [2.05, 4.69) is 13.8 Å². The van der Waals surface area contributed by atoms with Gasteiger partial charge in [-0.3, -0.25) is 4.79 Å². The van der Waals surface area contributed by atoms with E-state index >= 15 is 0 Å². The second-order valence-electron chi connectivity index (χ2n) is 6.00. The average molecular weight is 265 g/mol. The van der Waals surface area contributed by atoms with E-state index in [4.69, 9.17) is 0 Å². The monoisotopic (exact) mass is 265 g/mol. The van der Waals surface area contributed by atoms with Crippen molar-refractivity contribution in [2.75, 3.05) is 13.1 Å². The number of alkyl halides is 3. The van der Waals surface area contributed by atoms with Gasteiger partial charge in [-0.2, -0.15) is 13.2 Å². The van der Waals surface area contributed by atoms with Gasteiger partial charge in [0.1, 0.15) is 5.41 Å². The molecule has 106 valence electrons. The first kappa shape index (κ1) is 15.3. The Morgan fingerprint density at radius 1 is 1.17 bits per heavy atom. The molecule has 0 aromatic rings. The molecule has 0 N–H and O–H groups in total. The van der Waals surface area contributed by atoms with E-state index in [1.165, 1.54) is 4.90 Å². The van der Waals surface area contributed by atoms with Crippen molar-refractivity contribution in [1.29, 1.82) is 0 Å². The van der Waals surface area contributed by atoms with Gasteiger partial charge >= 0.3 is 6.18 Å². The van der Waals surface area contributed by atoms with Gasteiger partial charge in [-0.05, 0) is 38.5 Å². The zero-order valence-corrected chi connectivity index (χ0v) is 11.5. The van der Waals surface area contributed by atoms with Crippen molar-refractivity contribution in [3.8, 4) is 0 Å². The first-order valence-corrected chi connectivity index (χ1v) is 6.43. The third kappa shape index (κ3) is 2.98. The van der Waals surface area contributed by atoms with Crippen LogP contribution in [-0.2, 0) is 4.79 Å². The Labute approximate surface area is 107 Å². The van der Waals surface area contributed by atoms with Gasteiger partial charge in [-0.1, -0.05) is 13.8 Å². The SMILES string of the molecule is CC(C)C1CCN(C(=O)C(C)(C)C(F)(F)F)CC1. The second-order valence-corrected chi connectivity index (χ2v) is 6.00. The van der Waals surface area contributed by atoms with Crippen LogP contribution in [0.4, 0.5) is 13.2 Å². The van der Waals surface area contributed by atoms with Crippen molar-refractivity contribution in [3.63, 3.8) is 0 Å². The minimum atomic E-state index is -4.49. The second kappa shape index (κ2) is 5.10. The fraction of sp³-hybridized carbons (Fsp3) is 0.923. The molecule has 0 atom stereocenters. The van der Waals surface area contributed by atoms with E-state index in [0.717, 1.165) is 26.7 Å². The van der Waals surface area contributed by atoms with Gasteiger partial charge in [-0.25, -0.2) is 0 Å². The van der Waals surface area contributed by atoms with Gasteiger partial charge in [0, 0.05) is 13.1 Å². The lowest BCUT2D eigenvalue weighted by molar-refractivity contribution is -0.217. The summed E-state index contributed by atoms with van der Waals surface area (Å²) < 4.78 is 38.4. The molecule has 0 bridgehead atoms. The minimum absolute atomic E-state index is 0.446. The van der Waals surface area contributed by atoms with E-state index < -0.39 is 17.5 Å². The topological polar surface area (TPSA) is 20.3 Å². The lowest BCUT2D eigenvalue weighted by Crippen LogP contribution is -2.51. The third-order valence-corrected chi connectivity index (χ3v) is 4.01. The van der Waals surface area contributed by atoms with Crippen molar-refractivity contribution in [1.82, 2.24) is 4.90 Å². The van der Waals surface area contributed by atoms with E-state index in [9.17, 15) is 18.0 Å². The molecule has 0 aliphatic carbocycles. The lowest BCUT2D eigenvalue weighted by atomic mass is 9.84. The number of halogens is 3. The van der Waals surface area contributed by atoms with Gasteiger partial charge in [0.05, 0.1) is 0 Å². The van der Waals surface area contributed by atoms with Crippen LogP contribution >= 0.6 is 0 Å². The highest BCUT2D eigenvalue weighted by molar-refractivity contribution is 5.82. The van der Waals surface area contributed by atoms with Crippen molar-refractivity contribution >= 4 is 5.91 Å². The molecule has 1 heterocycles. The molecule has 0 radical (unpaired) electrons. The molecular weight excluding hydrogens is 243 g/mol. The summed E-state index contributed by atoms with van der Waals surface area (Å²) in [5.41, 5.74) is -2.28. The van der Waals surface area contributed by atoms with Gasteiger partial charge in [0.25, 0.3) is 0 Å². The van der Waals surface area contributed by atoms with Gasteiger partial charge in [0.2, 0.25) is 5.91 Å². The fourth-order valence-electron chi connectivity index (χ4n) is 2.29. The Morgan fingerprint density at radius 3 is 1.94 bits per heavy atom. The Bertz CT molecular complexity index is 302. The maximum absolute atomic E-state index is 12.8. The molecule has 1 aliphatic rings. The highest BCUT2D eigenvalue weighted by Crippen LogP contribution is 2.40. The summed E-state index contributed by atoms with van der Waals surface area (Å²) in [7, 11) is 0. The molecule has 18 heavy (non-hydrogen) atoms. The highest BCUT2D eigenvalue weighted by atomic mass is 19.4. The average Bonchev–Trinajstić information content (AvgIpc) is 2.26. The molecule has 1 rings (SSSR count). The zero-order valence-electron chi connectivity index (χ0n) is 11.5. The summed E-state index contributed by atoms with van der Waals surface area (Å²) in [6.07, 6.45) is -2.88. The normalized spacial score (nSPS) is 19.4. The quantitative estimate of drug-likeness (QED) is 0.748. The largest absolute Gasteiger partial charge is 0.402 e. The molecule has 1 aliphatic heterocycles. The molecule has 0 unspecified atom stereocenters. The molecule has 2 nitrogen and oxygen atoms in total. The number of rotatable bonds is 2. The number of nitrogens with zero attached hydrogens (tertiary/aromatic N) is 1. The first-order valence-electron chi connectivity index (χ1n) is 6.43. The predicted molar refractivity (Wildman–Crippen MR) is 64.0 cm³/mol. The smallest absolute Gasteiger partial charge is 0.342 e. The van der Waals surface area contributed by atoms with Crippen molar-refractivity contribution in [2.45, 2.75) is 46.7 Å². The van der Waals surface area contributed by atoms with Crippen molar-refractivity contribution < 1.29 is 18.0 Å². The van der Waals surface area contributed by atoms with Gasteiger partial charge in [0.15, 0.2) is 0 Å². The summed E-state index contributed by atoms with van der Waals surface area (Å²) in [5, 5.41) is 0. The summed E-state index contributed by atoms with van der Waals surface area (Å²) in [6, 6.07) is 0. The number of hydrogen-bond donors (Lipinski definition) is 0. The number of likely N-dealkylation sites (tertiary alicyclic amines) is 1. The molecule has 0 spiro atoms. The maximum Gasteiger partial charge on any atom is 0.402 e. The van der Waals surface area contributed by atoms with Crippen LogP contribution in [0, 0.1) is 17.3 Å². The number of hydrogen-bond acceptors (Lipinski definition) is 1. The van der Waals surface area contributed by atoms with Crippen LogP contribution in [0.25, 0.3) is 0 Å². The van der Waals surface area contributed by atoms with E-state index in [0.29, 0.717) is 24.9 Å². The molecule has 5 heteroatoms. The van der Waals surface area contributed by atoms with Gasteiger partial charge < -0.3 is 4.90 Å². The lowest BCUT2D eigenvalue weighted by Gasteiger charge is -2.38. The maximum atomic E-state index is 12.8. The van der Waals surface area contributed by atoms with Crippen LogP contribution in [0.15, 0.2) is 0 Å². The number of carbonyl (C=O) groups excluding carboxylic acids is 1. The minimum Gasteiger partial charge on any atom is -0.342 e. The Balaban J connectivity index is 2.66. The zero-order chi connectivity index (χ0) is 14.1. The Kier molecular flexibility index (Phi) is 4.34. The molecule has 0 aromatic carbocycles. The Morgan fingerprint density at radius 2 is 1.61 bits per heavy atom. The summed E-state index contributed by atoms with van der Waals surface area (Å²) in [6.45, 7) is 7.04. The Hall–Kier alpha value is -0.740. The van der Waals surface area contributed by atoms with E-state index in [1.807, 2.05) is 0 Å². The van der Waals surface area contributed by atoms with Crippen LogP contribution < -0.4 is 0 Å². The van der Waals surface area contributed by atoms with Crippen LogP contribution in [0.3, 0.4) is 0 Å². The van der Waals surface area contributed by atoms with Crippen LogP contribution in [-0.4, -0.2) is 30.1 Å². The van der Waals surface area contributed by atoms with Crippen LogP contribution in [0.5, 0.6) is 0 Å². The molecule has 1 amide bonds. The third-order valence-electron chi connectivity index (χ3n) is 4.01. The number of amides is 1. The number of carbonyl (C=O) groups is 1. The highest BCUT2D eigenvalue weighted by Gasteiger charge is 2.54. The summed E-state index contributed by atoms with van der Waals surface area (Å²) >= 11 is 0. The molecule has 0 aromatic heterocycles. The predicted octanol–water partition coefficient (Wildman–Crippen LogP) is 3.47. The van der Waals surface area contributed by atoms with Crippen molar-refractivity contribution in [3.05, 3.63) is 0 Å². The molecule has 1 fully saturated rings. The van der Waals surface area contributed by atoms with Gasteiger partial charge in [-0.15, -0.1) is 0 Å². The fourth-order valence-corrected chi connectivity index (χ4v) is 2.29. The van der Waals surface area contributed by atoms with Crippen LogP contribution in [0.1, 0.15) is 40.5 Å². The van der Waals surface area contributed by atoms with E-state index in [1.54, 1.807) is 0 Å². The van der Waals surface area contributed by atoms with Crippen molar-refractivity contribution in [2.24, 2.45) is 17.3 Å². The van der Waals surface area contributed by atoms with E-state index in [-0.39, 0.29) is 0 Å². The summed E-state index contributed by atoms with van der Waals surface area (Å²) in [5.74, 6) is 0.248. The number of piperidine rings is 1. The molecular formula is C13H22F3NO. The standard InChI is InChI=1S/C13H22F3NO/c1-9(2)10-5-7-17(8-6-10)11(18)12(3,4)13(14,15)16/h9-10H,5-8H2,1-4H3. The first-order chi connectivity index (χ1) is 8.07. The molecule has 0 saturated carbocycles. The van der Waals surface area contributed by atoms with Crippen LogP contribution in [0.2, 0.25) is 0 Å².